The van der Waals surface area contributed by atoms with Crippen LogP contribution in [0.3, 0.4) is 0 Å². The van der Waals surface area contributed by atoms with Gasteiger partial charge in [-0.15, -0.1) is 0 Å². The fourth-order valence-electron chi connectivity index (χ4n) is 3.07. The van der Waals surface area contributed by atoms with Gasteiger partial charge in [0, 0.05) is 13.1 Å². The van der Waals surface area contributed by atoms with Crippen LogP contribution < -0.4 is 4.74 Å². The minimum Gasteiger partial charge on any atom is -0.491 e. The van der Waals surface area contributed by atoms with Crippen molar-refractivity contribution in [2.24, 2.45) is 5.92 Å². The molecule has 3 atom stereocenters. The van der Waals surface area contributed by atoms with E-state index in [9.17, 15) is 23.4 Å². The second-order valence-electron chi connectivity index (χ2n) is 6.47. The van der Waals surface area contributed by atoms with Gasteiger partial charge >= 0.3 is 6.18 Å². The van der Waals surface area contributed by atoms with Crippen LogP contribution in [0.25, 0.3) is 0 Å². The monoisotopic (exact) mass is 347 g/mol. The summed E-state index contributed by atoms with van der Waals surface area (Å²) in [5, 5.41) is 19.8. The molecule has 2 N–H and O–H groups in total. The Morgan fingerprint density at radius 1 is 1.33 bits per heavy atom. The molecule has 4 nitrogen and oxygen atoms in total. The minimum absolute atomic E-state index is 0.0812. The van der Waals surface area contributed by atoms with Crippen LogP contribution in [0, 0.1) is 5.92 Å². The van der Waals surface area contributed by atoms with Gasteiger partial charge in [-0.05, 0) is 44.0 Å². The maximum absolute atomic E-state index is 12.6. The van der Waals surface area contributed by atoms with Gasteiger partial charge in [0.15, 0.2) is 0 Å². The van der Waals surface area contributed by atoms with Crippen molar-refractivity contribution in [2.45, 2.75) is 37.6 Å². The molecule has 1 saturated carbocycles. The number of nitrogens with zero attached hydrogens (tertiary/aromatic N) is 1. The predicted octanol–water partition coefficient (Wildman–Crippen LogP) is 2.54. The van der Waals surface area contributed by atoms with E-state index < -0.39 is 17.8 Å². The molecule has 0 saturated heterocycles. The maximum Gasteiger partial charge on any atom is 0.416 e. The third-order valence-electron chi connectivity index (χ3n) is 4.29. The van der Waals surface area contributed by atoms with Crippen LogP contribution in [-0.4, -0.2) is 54.1 Å². The lowest BCUT2D eigenvalue weighted by Gasteiger charge is -2.25. The first-order chi connectivity index (χ1) is 11.3. The van der Waals surface area contributed by atoms with Crippen molar-refractivity contribution >= 4 is 0 Å². The van der Waals surface area contributed by atoms with Crippen molar-refractivity contribution in [3.05, 3.63) is 29.8 Å². The third-order valence-corrected chi connectivity index (χ3v) is 4.29. The average Bonchev–Trinajstić information content (AvgIpc) is 2.89. The van der Waals surface area contributed by atoms with Crippen LogP contribution in [-0.2, 0) is 6.18 Å². The molecule has 7 heteroatoms. The summed E-state index contributed by atoms with van der Waals surface area (Å²) in [5.41, 5.74) is -0.776. The zero-order valence-electron chi connectivity index (χ0n) is 13.7. The van der Waals surface area contributed by atoms with E-state index in [-0.39, 0.29) is 24.4 Å². The van der Waals surface area contributed by atoms with Gasteiger partial charge in [-0.1, -0.05) is 12.5 Å². The Morgan fingerprint density at radius 3 is 2.71 bits per heavy atom. The second kappa shape index (κ2) is 8.18. The first-order valence-electron chi connectivity index (χ1n) is 8.10. The molecule has 0 amide bonds. The van der Waals surface area contributed by atoms with Crippen molar-refractivity contribution in [3.8, 4) is 5.75 Å². The molecule has 0 aliphatic heterocycles. The van der Waals surface area contributed by atoms with E-state index in [4.69, 9.17) is 4.74 Å². The third kappa shape index (κ3) is 5.65. The quantitative estimate of drug-likeness (QED) is 0.796. The van der Waals surface area contributed by atoms with Crippen molar-refractivity contribution in [2.75, 3.05) is 26.7 Å². The Morgan fingerprint density at radius 2 is 2.08 bits per heavy atom. The molecule has 1 aliphatic carbocycles. The molecule has 136 valence electrons. The van der Waals surface area contributed by atoms with Crippen molar-refractivity contribution in [1.82, 2.24) is 4.90 Å². The van der Waals surface area contributed by atoms with E-state index in [0.29, 0.717) is 13.1 Å². The number of likely N-dealkylation sites (N-methyl/N-ethyl adjacent to an activating group) is 1. The topological polar surface area (TPSA) is 52.9 Å². The molecular weight excluding hydrogens is 323 g/mol. The number of ether oxygens (including phenoxy) is 1. The molecule has 1 aliphatic rings. The zero-order valence-corrected chi connectivity index (χ0v) is 13.7. The lowest BCUT2D eigenvalue weighted by molar-refractivity contribution is -0.137. The minimum atomic E-state index is -4.42. The average molecular weight is 347 g/mol. The van der Waals surface area contributed by atoms with Crippen LogP contribution in [0.1, 0.15) is 24.8 Å². The SMILES string of the molecule is CN(CC(O)COc1cccc(C(F)(F)F)c1)CC1CCCC1O. The Kier molecular flexibility index (Phi) is 6.48. The summed E-state index contributed by atoms with van der Waals surface area (Å²) in [5.74, 6) is 0.296. The number of aliphatic hydroxyl groups is 2. The Bertz CT molecular complexity index is 524. The Labute approximate surface area is 139 Å². The normalized spacial score (nSPS) is 22.8. The van der Waals surface area contributed by atoms with Crippen LogP contribution >= 0.6 is 0 Å². The molecule has 3 unspecified atom stereocenters. The highest BCUT2D eigenvalue weighted by atomic mass is 19.4. The van der Waals surface area contributed by atoms with Gasteiger partial charge in [-0.25, -0.2) is 0 Å². The van der Waals surface area contributed by atoms with Gasteiger partial charge in [0.05, 0.1) is 11.7 Å². The number of rotatable bonds is 7. The van der Waals surface area contributed by atoms with Crippen molar-refractivity contribution < 1.29 is 28.1 Å². The highest BCUT2D eigenvalue weighted by Crippen LogP contribution is 2.31. The van der Waals surface area contributed by atoms with Gasteiger partial charge < -0.3 is 19.8 Å². The van der Waals surface area contributed by atoms with Crippen molar-refractivity contribution in [3.63, 3.8) is 0 Å². The Balaban J connectivity index is 1.77. The molecule has 0 bridgehead atoms. The van der Waals surface area contributed by atoms with E-state index in [1.165, 1.54) is 12.1 Å². The van der Waals surface area contributed by atoms with Gasteiger partial charge in [0.1, 0.15) is 18.5 Å². The fraction of sp³-hybridized carbons (Fsp3) is 0.647. The summed E-state index contributed by atoms with van der Waals surface area (Å²) in [6, 6.07) is 4.61. The molecule has 1 fully saturated rings. The number of hydrogen-bond acceptors (Lipinski definition) is 4. The van der Waals surface area contributed by atoms with E-state index in [1.807, 2.05) is 11.9 Å². The van der Waals surface area contributed by atoms with E-state index >= 15 is 0 Å². The summed E-state index contributed by atoms with van der Waals surface area (Å²) >= 11 is 0. The van der Waals surface area contributed by atoms with Gasteiger partial charge in [0.25, 0.3) is 0 Å². The number of halogens is 3. The molecule has 2 rings (SSSR count). The van der Waals surface area contributed by atoms with E-state index in [1.54, 1.807) is 0 Å². The summed E-state index contributed by atoms with van der Waals surface area (Å²) in [4.78, 5) is 1.92. The number of aliphatic hydroxyl groups excluding tert-OH is 2. The highest BCUT2D eigenvalue weighted by Gasteiger charge is 2.30. The Hall–Kier alpha value is -1.31. The summed E-state index contributed by atoms with van der Waals surface area (Å²) in [6.45, 7) is 0.933. The molecule has 1 aromatic rings. The summed E-state index contributed by atoms with van der Waals surface area (Å²) in [6.07, 6.45) is -2.71. The number of alkyl halides is 3. The molecule has 0 spiro atoms. The fourth-order valence-corrected chi connectivity index (χ4v) is 3.07. The van der Waals surface area contributed by atoms with Gasteiger partial charge in [-0.3, -0.25) is 0 Å². The molecule has 0 heterocycles. The first kappa shape index (κ1) is 19.0. The molecule has 0 aromatic heterocycles. The van der Waals surface area contributed by atoms with Crippen LogP contribution in [0.2, 0.25) is 0 Å². The van der Waals surface area contributed by atoms with Crippen LogP contribution in [0.15, 0.2) is 24.3 Å². The molecule has 24 heavy (non-hydrogen) atoms. The standard InChI is InChI=1S/C17H24F3NO3/c1-21(9-12-4-2-7-16(12)23)10-14(22)11-24-15-6-3-5-13(8-15)17(18,19)20/h3,5-6,8,12,14,16,22-23H,2,4,7,9-11H2,1H3. The number of benzene rings is 1. The summed E-state index contributed by atoms with van der Waals surface area (Å²) in [7, 11) is 1.85. The first-order valence-corrected chi connectivity index (χ1v) is 8.10. The molecule has 1 aromatic carbocycles. The predicted molar refractivity (Wildman–Crippen MR) is 83.8 cm³/mol. The number of hydrogen-bond donors (Lipinski definition) is 2. The van der Waals surface area contributed by atoms with Crippen LogP contribution in [0.5, 0.6) is 5.75 Å². The highest BCUT2D eigenvalue weighted by molar-refractivity contribution is 5.30. The maximum atomic E-state index is 12.6. The summed E-state index contributed by atoms with van der Waals surface area (Å²) < 4.78 is 43.2. The van der Waals surface area contributed by atoms with E-state index in [2.05, 4.69) is 0 Å². The molecule has 0 radical (unpaired) electrons. The van der Waals surface area contributed by atoms with Gasteiger partial charge in [0.2, 0.25) is 0 Å². The van der Waals surface area contributed by atoms with Gasteiger partial charge in [-0.2, -0.15) is 13.2 Å². The van der Waals surface area contributed by atoms with E-state index in [0.717, 1.165) is 31.4 Å². The second-order valence-corrected chi connectivity index (χ2v) is 6.47. The lowest BCUT2D eigenvalue weighted by Crippen LogP contribution is -2.37. The largest absolute Gasteiger partial charge is 0.491 e. The molecular formula is C17H24F3NO3. The zero-order chi connectivity index (χ0) is 17.7. The lowest BCUT2D eigenvalue weighted by atomic mass is 10.1. The smallest absolute Gasteiger partial charge is 0.416 e. The van der Waals surface area contributed by atoms with Crippen molar-refractivity contribution in [1.29, 1.82) is 0 Å². The van der Waals surface area contributed by atoms with Crippen LogP contribution in [0.4, 0.5) is 13.2 Å².